The van der Waals surface area contributed by atoms with Gasteiger partial charge in [0.15, 0.2) is 0 Å². The van der Waals surface area contributed by atoms with E-state index in [9.17, 15) is 8.42 Å². The van der Waals surface area contributed by atoms with E-state index in [0.29, 0.717) is 26.2 Å². The fraction of sp³-hybridized carbons (Fsp3) is 0.500. The Morgan fingerprint density at radius 1 is 1.21 bits per heavy atom. The van der Waals surface area contributed by atoms with Crippen molar-refractivity contribution in [2.24, 2.45) is 0 Å². The van der Waals surface area contributed by atoms with E-state index in [4.69, 9.17) is 4.98 Å². The number of nitrogens with zero attached hydrogens (tertiary/aromatic N) is 4. The second-order valence-electron chi connectivity index (χ2n) is 7.03. The number of hydrogen-bond acceptors (Lipinski definition) is 5. The van der Waals surface area contributed by atoms with Crippen LogP contribution in [-0.4, -0.2) is 53.2 Å². The zero-order valence-corrected chi connectivity index (χ0v) is 17.6. The lowest BCUT2D eigenvalue weighted by atomic mass is 9.95. The first-order chi connectivity index (χ1) is 13.5. The average Bonchev–Trinajstić information content (AvgIpc) is 2.71. The van der Waals surface area contributed by atoms with Crippen molar-refractivity contribution >= 4 is 21.8 Å². The van der Waals surface area contributed by atoms with Crippen LogP contribution in [0.3, 0.4) is 0 Å². The minimum atomic E-state index is -3.42. The number of anilines is 2. The molecule has 1 aliphatic heterocycles. The monoisotopic (exact) mass is 403 g/mol. The lowest BCUT2D eigenvalue weighted by molar-refractivity contribution is 0.285. The van der Waals surface area contributed by atoms with Gasteiger partial charge in [-0.1, -0.05) is 26.0 Å². The minimum Gasteiger partial charge on any atom is -0.325 e. The van der Waals surface area contributed by atoms with Crippen molar-refractivity contribution in [3.05, 3.63) is 47.8 Å². The molecule has 8 heteroatoms. The lowest BCUT2D eigenvalue weighted by Crippen LogP contribution is -2.47. The van der Waals surface area contributed by atoms with Crippen molar-refractivity contribution in [3.8, 4) is 0 Å². The first-order valence-corrected chi connectivity index (χ1v) is 11.3. The Kier molecular flexibility index (Phi) is 6.64. The number of aromatic nitrogens is 2. The molecule has 1 fully saturated rings. The van der Waals surface area contributed by atoms with Crippen LogP contribution >= 0.6 is 0 Å². The van der Waals surface area contributed by atoms with Gasteiger partial charge in [-0.05, 0) is 43.5 Å². The van der Waals surface area contributed by atoms with E-state index in [0.717, 1.165) is 35.7 Å². The van der Waals surface area contributed by atoms with Gasteiger partial charge < -0.3 is 5.32 Å². The van der Waals surface area contributed by atoms with Gasteiger partial charge in [0.25, 0.3) is 10.2 Å². The molecule has 3 rings (SSSR count). The SMILES string of the molecule is CCN(CC)S(=O)(=O)N1CCC[C@H](c2cccc(Nc3ncccc3C)n2)C1. The molecule has 0 spiro atoms. The molecular weight excluding hydrogens is 374 g/mol. The minimum absolute atomic E-state index is 0.0886. The standard InChI is InChI=1S/C20H29N5O2S/c1-4-24(5-2)28(26,27)25-14-8-10-17(15-25)18-11-6-12-19(22-18)23-20-16(3)9-7-13-21-20/h6-7,9,11-13,17H,4-5,8,10,14-15H2,1-3H3,(H,21,22,23)/t17-/m0/s1. The van der Waals surface area contributed by atoms with Gasteiger partial charge in [0.2, 0.25) is 0 Å². The van der Waals surface area contributed by atoms with Crippen LogP contribution in [0.5, 0.6) is 0 Å². The third-order valence-corrected chi connectivity index (χ3v) is 7.34. The van der Waals surface area contributed by atoms with E-state index in [1.54, 1.807) is 10.5 Å². The summed E-state index contributed by atoms with van der Waals surface area (Å²) in [5, 5.41) is 3.27. The van der Waals surface area contributed by atoms with Crippen LogP contribution in [-0.2, 0) is 10.2 Å². The Morgan fingerprint density at radius 3 is 2.71 bits per heavy atom. The van der Waals surface area contributed by atoms with Crippen LogP contribution in [0, 0.1) is 6.92 Å². The summed E-state index contributed by atoms with van der Waals surface area (Å²) in [6.45, 7) is 7.76. The van der Waals surface area contributed by atoms with Crippen LogP contribution in [0.4, 0.5) is 11.6 Å². The van der Waals surface area contributed by atoms with Crippen molar-refractivity contribution in [3.63, 3.8) is 0 Å². The first kappa shape index (κ1) is 20.7. The summed E-state index contributed by atoms with van der Waals surface area (Å²) < 4.78 is 28.9. The molecule has 7 nitrogen and oxygen atoms in total. The van der Waals surface area contributed by atoms with Crippen LogP contribution in [0.15, 0.2) is 36.5 Å². The molecule has 0 unspecified atom stereocenters. The third kappa shape index (κ3) is 4.51. The van der Waals surface area contributed by atoms with Gasteiger partial charge >= 0.3 is 0 Å². The summed E-state index contributed by atoms with van der Waals surface area (Å²) in [5.41, 5.74) is 1.96. The molecule has 2 aromatic heterocycles. The summed E-state index contributed by atoms with van der Waals surface area (Å²) in [5.74, 6) is 1.59. The third-order valence-electron chi connectivity index (χ3n) is 5.19. The molecule has 2 aromatic rings. The molecular formula is C20H29N5O2S. The van der Waals surface area contributed by atoms with Crippen molar-refractivity contribution in [2.75, 3.05) is 31.5 Å². The van der Waals surface area contributed by atoms with Crippen molar-refractivity contribution in [1.82, 2.24) is 18.6 Å². The quantitative estimate of drug-likeness (QED) is 0.767. The van der Waals surface area contributed by atoms with Gasteiger partial charge in [-0.2, -0.15) is 17.0 Å². The van der Waals surface area contributed by atoms with Crippen LogP contribution in [0.1, 0.15) is 43.9 Å². The highest BCUT2D eigenvalue weighted by Gasteiger charge is 2.33. The molecule has 3 heterocycles. The number of piperidine rings is 1. The molecule has 1 atom stereocenters. The summed E-state index contributed by atoms with van der Waals surface area (Å²) in [6.07, 6.45) is 3.52. The number of rotatable bonds is 7. The highest BCUT2D eigenvalue weighted by molar-refractivity contribution is 7.86. The Bertz CT molecular complexity index is 899. The van der Waals surface area contributed by atoms with E-state index in [1.807, 2.05) is 51.1 Å². The topological polar surface area (TPSA) is 78.4 Å². The van der Waals surface area contributed by atoms with E-state index in [-0.39, 0.29) is 5.92 Å². The van der Waals surface area contributed by atoms with E-state index in [1.165, 1.54) is 4.31 Å². The van der Waals surface area contributed by atoms with Gasteiger partial charge in [0.05, 0.1) is 0 Å². The van der Waals surface area contributed by atoms with Gasteiger partial charge in [0, 0.05) is 44.0 Å². The number of hydrogen-bond donors (Lipinski definition) is 1. The molecule has 28 heavy (non-hydrogen) atoms. The Labute approximate surface area is 168 Å². The second kappa shape index (κ2) is 8.98. The molecule has 1 aliphatic rings. The first-order valence-electron chi connectivity index (χ1n) is 9.86. The second-order valence-corrected chi connectivity index (χ2v) is 8.96. The van der Waals surface area contributed by atoms with Crippen molar-refractivity contribution in [2.45, 2.75) is 39.5 Å². The maximum Gasteiger partial charge on any atom is 0.281 e. The highest BCUT2D eigenvalue weighted by Crippen LogP contribution is 2.29. The lowest BCUT2D eigenvalue weighted by Gasteiger charge is -2.34. The summed E-state index contributed by atoms with van der Waals surface area (Å²) in [4.78, 5) is 9.10. The molecule has 0 aromatic carbocycles. The normalized spacial score (nSPS) is 18.4. The average molecular weight is 404 g/mol. The molecule has 0 amide bonds. The zero-order chi connectivity index (χ0) is 20.1. The largest absolute Gasteiger partial charge is 0.325 e. The highest BCUT2D eigenvalue weighted by atomic mass is 32.2. The fourth-order valence-electron chi connectivity index (χ4n) is 3.59. The van der Waals surface area contributed by atoms with Crippen LogP contribution < -0.4 is 5.32 Å². The predicted octanol–water partition coefficient (Wildman–Crippen LogP) is 3.29. The van der Waals surface area contributed by atoms with Crippen LogP contribution in [0.2, 0.25) is 0 Å². The summed E-state index contributed by atoms with van der Waals surface area (Å²) >= 11 is 0. The Morgan fingerprint density at radius 2 is 2.00 bits per heavy atom. The molecule has 1 saturated heterocycles. The smallest absolute Gasteiger partial charge is 0.281 e. The Hall–Kier alpha value is -2.03. The summed E-state index contributed by atoms with van der Waals surface area (Å²) in [6, 6.07) is 9.74. The molecule has 152 valence electrons. The van der Waals surface area contributed by atoms with Crippen LogP contribution in [0.25, 0.3) is 0 Å². The van der Waals surface area contributed by atoms with Gasteiger partial charge in [-0.3, -0.25) is 0 Å². The maximum absolute atomic E-state index is 12.9. The molecule has 1 N–H and O–H groups in total. The fourth-order valence-corrected chi connectivity index (χ4v) is 5.30. The predicted molar refractivity (Wildman–Crippen MR) is 112 cm³/mol. The number of nitrogens with one attached hydrogen (secondary N) is 1. The van der Waals surface area contributed by atoms with Crippen molar-refractivity contribution < 1.29 is 8.42 Å². The van der Waals surface area contributed by atoms with E-state index < -0.39 is 10.2 Å². The van der Waals surface area contributed by atoms with Crippen molar-refractivity contribution in [1.29, 1.82) is 0 Å². The molecule has 0 radical (unpaired) electrons. The van der Waals surface area contributed by atoms with Gasteiger partial charge in [-0.15, -0.1) is 0 Å². The Balaban J connectivity index is 1.77. The number of pyridine rings is 2. The van der Waals surface area contributed by atoms with Gasteiger partial charge in [0.1, 0.15) is 11.6 Å². The molecule has 0 aliphatic carbocycles. The van der Waals surface area contributed by atoms with E-state index in [2.05, 4.69) is 10.3 Å². The van der Waals surface area contributed by atoms with Gasteiger partial charge in [-0.25, -0.2) is 9.97 Å². The number of aryl methyl sites for hydroxylation is 1. The molecule has 0 bridgehead atoms. The maximum atomic E-state index is 12.9. The zero-order valence-electron chi connectivity index (χ0n) is 16.8. The molecule has 0 saturated carbocycles. The van der Waals surface area contributed by atoms with E-state index >= 15 is 0 Å². The summed E-state index contributed by atoms with van der Waals surface area (Å²) in [7, 11) is -3.42.